The largest absolute Gasteiger partial charge is 0.494 e. The number of fused-ring (bicyclic) bond motifs is 1. The Morgan fingerprint density at radius 3 is 2.60 bits per heavy atom. The number of aromatic nitrogens is 1. The zero-order valence-electron chi connectivity index (χ0n) is 19.1. The molecule has 0 saturated carbocycles. The van der Waals surface area contributed by atoms with Gasteiger partial charge in [0.25, 0.3) is 0 Å². The van der Waals surface area contributed by atoms with Gasteiger partial charge < -0.3 is 34.4 Å². The zero-order chi connectivity index (χ0) is 25.1. The van der Waals surface area contributed by atoms with Gasteiger partial charge in [0.05, 0.1) is 44.7 Å². The quantitative estimate of drug-likeness (QED) is 0.414. The summed E-state index contributed by atoms with van der Waals surface area (Å²) in [5.74, 6) is -2.61. The highest BCUT2D eigenvalue weighted by molar-refractivity contribution is 5.87. The number of nitrogens with zero attached hydrogens (tertiary/aromatic N) is 1. The number of furan rings is 1. The van der Waals surface area contributed by atoms with Gasteiger partial charge in [-0.1, -0.05) is 6.58 Å². The Bertz CT molecular complexity index is 1220. The number of ether oxygens (including phenoxy) is 3. The number of aliphatic hydroxyl groups is 1. The van der Waals surface area contributed by atoms with E-state index >= 15 is 0 Å². The molecule has 1 unspecified atom stereocenters. The number of carbonyl (C=O) groups excluding carboxylic acids is 1. The number of hydrogen-bond acceptors (Lipinski definition) is 8. The van der Waals surface area contributed by atoms with E-state index in [4.69, 9.17) is 18.6 Å². The number of hydrogen-bond donors (Lipinski definition) is 3. The van der Waals surface area contributed by atoms with Crippen molar-refractivity contribution in [2.75, 3.05) is 32.8 Å². The van der Waals surface area contributed by atoms with Crippen LogP contribution < -0.4 is 20.1 Å². The van der Waals surface area contributed by atoms with Crippen molar-refractivity contribution < 1.29 is 37.3 Å². The topological polar surface area (TPSA) is 115 Å². The Morgan fingerprint density at radius 2 is 1.94 bits per heavy atom. The summed E-state index contributed by atoms with van der Waals surface area (Å²) in [5.41, 5.74) is -0.358. The second kappa shape index (κ2) is 10.3. The maximum Gasteiger partial charge on any atom is 0.243 e. The van der Waals surface area contributed by atoms with E-state index in [2.05, 4.69) is 22.2 Å². The normalized spacial score (nSPS) is 18.7. The van der Waals surface area contributed by atoms with Crippen molar-refractivity contribution in [1.29, 1.82) is 0 Å². The van der Waals surface area contributed by atoms with E-state index in [1.165, 1.54) is 32.6 Å². The van der Waals surface area contributed by atoms with Crippen molar-refractivity contribution in [2.45, 2.75) is 24.6 Å². The summed E-state index contributed by atoms with van der Waals surface area (Å²) in [6.45, 7) is 4.34. The van der Waals surface area contributed by atoms with E-state index in [0.717, 1.165) is 6.07 Å². The first-order chi connectivity index (χ1) is 16.9. The summed E-state index contributed by atoms with van der Waals surface area (Å²) in [4.78, 5) is 16.1. The molecular formula is C24H25F2N3O6. The summed E-state index contributed by atoms with van der Waals surface area (Å²) in [6.07, 6.45) is 1.47. The first-order valence-corrected chi connectivity index (χ1v) is 10.8. The van der Waals surface area contributed by atoms with Crippen LogP contribution in [0, 0.1) is 11.6 Å². The van der Waals surface area contributed by atoms with Crippen LogP contribution in [0.15, 0.2) is 41.5 Å². The lowest BCUT2D eigenvalue weighted by Gasteiger charge is -2.32. The lowest BCUT2D eigenvalue weighted by molar-refractivity contribution is -0.117. The average Bonchev–Trinajstić information content (AvgIpc) is 3.29. The SMILES string of the molecule is C=CC(=O)N[C@H]1CCOC[C@H]1Nc1cc2cc(C(O)c3c(F)c(OC)cc(OC)c3F)oc2cn1. The molecule has 1 aromatic carbocycles. The summed E-state index contributed by atoms with van der Waals surface area (Å²) >= 11 is 0. The van der Waals surface area contributed by atoms with Gasteiger partial charge in [-0.05, 0) is 24.6 Å². The van der Waals surface area contributed by atoms with Crippen LogP contribution in [0.1, 0.15) is 23.8 Å². The molecule has 3 atom stereocenters. The molecule has 186 valence electrons. The molecule has 1 saturated heterocycles. The van der Waals surface area contributed by atoms with Gasteiger partial charge in [-0.2, -0.15) is 0 Å². The summed E-state index contributed by atoms with van der Waals surface area (Å²) < 4.78 is 50.7. The van der Waals surface area contributed by atoms with Gasteiger partial charge in [0, 0.05) is 18.1 Å². The minimum absolute atomic E-state index is 0.0934. The van der Waals surface area contributed by atoms with E-state index in [1.54, 1.807) is 6.07 Å². The second-order valence-corrected chi connectivity index (χ2v) is 7.92. The number of halogens is 2. The maximum atomic E-state index is 14.8. The van der Waals surface area contributed by atoms with Crippen LogP contribution in [0.25, 0.3) is 11.0 Å². The van der Waals surface area contributed by atoms with E-state index in [0.29, 0.717) is 36.4 Å². The second-order valence-electron chi connectivity index (χ2n) is 7.92. The molecule has 35 heavy (non-hydrogen) atoms. The number of benzene rings is 1. The predicted molar refractivity (Wildman–Crippen MR) is 123 cm³/mol. The van der Waals surface area contributed by atoms with E-state index in [-0.39, 0.29) is 35.3 Å². The fraction of sp³-hybridized carbons (Fsp3) is 0.333. The van der Waals surface area contributed by atoms with Crippen LogP contribution in [0.5, 0.6) is 11.5 Å². The van der Waals surface area contributed by atoms with Crippen molar-refractivity contribution in [1.82, 2.24) is 10.3 Å². The van der Waals surface area contributed by atoms with Gasteiger partial charge in [-0.25, -0.2) is 13.8 Å². The molecule has 3 heterocycles. The van der Waals surface area contributed by atoms with Crippen molar-refractivity contribution in [3.63, 3.8) is 0 Å². The van der Waals surface area contributed by atoms with E-state index < -0.39 is 23.3 Å². The standard InChI is InChI=1S/C24H25F2N3O6/c1-4-20(30)29-13-5-6-34-11-14(13)28-19-8-12-7-17(35-18(12)10-27-19)24(31)21-22(25)15(32-2)9-16(33-3)23(21)26/h4,7-10,13-14,24,31H,1,5-6,11H2,2-3H3,(H,27,28)(H,29,30)/t13-,14+,24?/m0/s1. The van der Waals surface area contributed by atoms with Gasteiger partial charge in [-0.3, -0.25) is 4.79 Å². The smallest absolute Gasteiger partial charge is 0.243 e. The number of amides is 1. The molecule has 0 bridgehead atoms. The molecule has 4 rings (SSSR count). The Morgan fingerprint density at radius 1 is 1.23 bits per heavy atom. The molecule has 1 amide bonds. The van der Waals surface area contributed by atoms with Gasteiger partial charge >= 0.3 is 0 Å². The molecule has 9 nitrogen and oxygen atoms in total. The molecule has 0 spiro atoms. The Labute approximate surface area is 199 Å². The Kier molecular flexibility index (Phi) is 7.17. The molecule has 0 radical (unpaired) electrons. The molecule has 2 aromatic heterocycles. The van der Waals surface area contributed by atoms with E-state index in [1.807, 2.05) is 0 Å². The van der Waals surface area contributed by atoms with Crippen LogP contribution >= 0.6 is 0 Å². The van der Waals surface area contributed by atoms with E-state index in [9.17, 15) is 18.7 Å². The van der Waals surface area contributed by atoms with Crippen molar-refractivity contribution in [3.8, 4) is 11.5 Å². The lowest BCUT2D eigenvalue weighted by Crippen LogP contribution is -2.52. The number of nitrogens with one attached hydrogen (secondary N) is 2. The third-order valence-electron chi connectivity index (χ3n) is 5.78. The first kappa shape index (κ1) is 24.4. The minimum atomic E-state index is -1.77. The monoisotopic (exact) mass is 489 g/mol. The minimum Gasteiger partial charge on any atom is -0.494 e. The number of aliphatic hydroxyl groups excluding tert-OH is 1. The number of rotatable bonds is 8. The van der Waals surface area contributed by atoms with Gasteiger partial charge in [0.1, 0.15) is 17.7 Å². The van der Waals surface area contributed by atoms with Crippen LogP contribution in [0.2, 0.25) is 0 Å². The Hall–Kier alpha value is -3.70. The average molecular weight is 489 g/mol. The van der Waals surface area contributed by atoms with Crippen molar-refractivity contribution in [3.05, 3.63) is 60.0 Å². The maximum absolute atomic E-state index is 14.8. The highest BCUT2D eigenvalue weighted by Crippen LogP contribution is 2.38. The molecule has 1 aliphatic rings. The highest BCUT2D eigenvalue weighted by Gasteiger charge is 2.30. The third-order valence-corrected chi connectivity index (χ3v) is 5.78. The van der Waals surface area contributed by atoms with Crippen LogP contribution in [-0.2, 0) is 9.53 Å². The fourth-order valence-electron chi connectivity index (χ4n) is 3.95. The van der Waals surface area contributed by atoms with Crippen molar-refractivity contribution >= 4 is 22.7 Å². The van der Waals surface area contributed by atoms with Crippen LogP contribution in [0.4, 0.5) is 14.6 Å². The fourth-order valence-corrected chi connectivity index (χ4v) is 3.95. The van der Waals surface area contributed by atoms with Gasteiger partial charge in [0.15, 0.2) is 28.7 Å². The van der Waals surface area contributed by atoms with Gasteiger partial charge in [0.2, 0.25) is 5.91 Å². The zero-order valence-corrected chi connectivity index (χ0v) is 19.1. The first-order valence-electron chi connectivity index (χ1n) is 10.8. The molecular weight excluding hydrogens is 464 g/mol. The Balaban J connectivity index is 1.61. The molecule has 3 aromatic rings. The molecule has 1 aliphatic heterocycles. The molecule has 3 N–H and O–H groups in total. The molecule has 1 fully saturated rings. The lowest BCUT2D eigenvalue weighted by atomic mass is 10.0. The van der Waals surface area contributed by atoms with Gasteiger partial charge in [-0.15, -0.1) is 0 Å². The highest BCUT2D eigenvalue weighted by atomic mass is 19.1. The third kappa shape index (κ3) is 4.91. The summed E-state index contributed by atoms with van der Waals surface area (Å²) in [6, 6.07) is 3.74. The molecule has 0 aliphatic carbocycles. The van der Waals surface area contributed by atoms with Crippen LogP contribution in [0.3, 0.4) is 0 Å². The number of carbonyl (C=O) groups is 1. The summed E-state index contributed by atoms with van der Waals surface area (Å²) in [7, 11) is 2.44. The number of pyridine rings is 1. The predicted octanol–water partition coefficient (Wildman–Crippen LogP) is 3.08. The summed E-state index contributed by atoms with van der Waals surface area (Å²) in [5, 5.41) is 17.4. The number of methoxy groups -OCH3 is 2. The number of anilines is 1. The van der Waals surface area contributed by atoms with Crippen LogP contribution in [-0.4, -0.2) is 55.5 Å². The molecule has 11 heteroatoms. The van der Waals surface area contributed by atoms with Crippen molar-refractivity contribution in [2.24, 2.45) is 0 Å².